The zero-order chi connectivity index (χ0) is 12.9. The molecule has 1 rings (SSSR count). The lowest BCUT2D eigenvalue weighted by molar-refractivity contribution is 0.0697. The number of hydrazone groups is 1. The van der Waals surface area contributed by atoms with Crippen molar-refractivity contribution < 1.29 is 9.90 Å². The van der Waals surface area contributed by atoms with Crippen LogP contribution in [0.1, 0.15) is 36.2 Å². The van der Waals surface area contributed by atoms with Crippen LogP contribution in [0.2, 0.25) is 0 Å². The highest BCUT2D eigenvalue weighted by molar-refractivity contribution is 5.87. The van der Waals surface area contributed by atoms with E-state index in [1.807, 2.05) is 18.3 Å². The van der Waals surface area contributed by atoms with Crippen LogP contribution in [0.25, 0.3) is 0 Å². The van der Waals surface area contributed by atoms with Crippen LogP contribution < -0.4 is 5.43 Å². The number of benzene rings is 1. The van der Waals surface area contributed by atoms with Gasteiger partial charge in [-0.2, -0.15) is 5.10 Å². The third kappa shape index (κ3) is 3.59. The maximum Gasteiger partial charge on any atom is 0.335 e. The molecule has 0 aliphatic carbocycles. The number of nitrogens with one attached hydrogen (secondary N) is 1. The Morgan fingerprint density at radius 3 is 2.47 bits per heavy atom. The summed E-state index contributed by atoms with van der Waals surface area (Å²) in [4.78, 5) is 10.7. The van der Waals surface area contributed by atoms with Crippen LogP contribution in [0.4, 0.5) is 0 Å². The highest BCUT2D eigenvalue weighted by atomic mass is 16.4. The van der Waals surface area contributed by atoms with Crippen LogP contribution in [-0.2, 0) is 5.41 Å². The molecule has 0 fully saturated rings. The van der Waals surface area contributed by atoms with Crippen molar-refractivity contribution in [3.63, 3.8) is 0 Å². The van der Waals surface area contributed by atoms with E-state index in [0.717, 1.165) is 12.0 Å². The minimum Gasteiger partial charge on any atom is -0.478 e. The second-order valence-corrected chi connectivity index (χ2v) is 4.51. The Morgan fingerprint density at radius 1 is 1.41 bits per heavy atom. The van der Waals surface area contributed by atoms with Gasteiger partial charge < -0.3 is 10.5 Å². The van der Waals surface area contributed by atoms with E-state index in [0.29, 0.717) is 5.56 Å². The van der Waals surface area contributed by atoms with E-state index in [-0.39, 0.29) is 5.41 Å². The second kappa shape index (κ2) is 5.48. The van der Waals surface area contributed by atoms with Gasteiger partial charge in [-0.25, -0.2) is 4.79 Å². The van der Waals surface area contributed by atoms with Crippen LogP contribution in [-0.4, -0.2) is 24.3 Å². The summed E-state index contributed by atoms with van der Waals surface area (Å²) < 4.78 is 0. The fourth-order valence-corrected chi connectivity index (χ4v) is 1.55. The molecule has 0 unspecified atom stereocenters. The average Bonchev–Trinajstić information content (AvgIpc) is 2.29. The molecule has 0 saturated carbocycles. The molecule has 0 bridgehead atoms. The van der Waals surface area contributed by atoms with Gasteiger partial charge in [-0.3, -0.25) is 0 Å². The van der Waals surface area contributed by atoms with E-state index in [1.54, 1.807) is 19.2 Å². The predicted octanol–water partition coefficient (Wildman–Crippen LogP) is 2.26. The Labute approximate surface area is 101 Å². The van der Waals surface area contributed by atoms with Gasteiger partial charge in [0.1, 0.15) is 0 Å². The normalized spacial score (nSPS) is 11.7. The summed E-state index contributed by atoms with van der Waals surface area (Å²) in [6, 6.07) is 6.98. The zero-order valence-corrected chi connectivity index (χ0v) is 10.4. The zero-order valence-electron chi connectivity index (χ0n) is 10.4. The molecule has 0 spiro atoms. The van der Waals surface area contributed by atoms with Crippen LogP contribution in [0.5, 0.6) is 0 Å². The molecule has 17 heavy (non-hydrogen) atoms. The monoisotopic (exact) mass is 234 g/mol. The summed E-state index contributed by atoms with van der Waals surface area (Å²) in [5.41, 5.74) is 4.06. The predicted molar refractivity (Wildman–Crippen MR) is 68.6 cm³/mol. The lowest BCUT2D eigenvalue weighted by Gasteiger charge is -2.23. The Kier molecular flexibility index (Phi) is 4.26. The summed E-state index contributed by atoms with van der Waals surface area (Å²) in [5.74, 6) is -0.897. The highest BCUT2D eigenvalue weighted by Gasteiger charge is 2.19. The van der Waals surface area contributed by atoms with Gasteiger partial charge >= 0.3 is 5.97 Å². The Bertz CT molecular complexity index is 408. The number of carboxylic acid groups (broad SMARTS) is 1. The van der Waals surface area contributed by atoms with E-state index >= 15 is 0 Å². The lowest BCUT2D eigenvalue weighted by atomic mass is 9.82. The number of rotatable bonds is 5. The van der Waals surface area contributed by atoms with Gasteiger partial charge in [-0.15, -0.1) is 0 Å². The van der Waals surface area contributed by atoms with E-state index in [2.05, 4.69) is 24.4 Å². The number of hydrogen-bond acceptors (Lipinski definition) is 3. The summed E-state index contributed by atoms with van der Waals surface area (Å²) in [5, 5.41) is 12.8. The van der Waals surface area contributed by atoms with Crippen molar-refractivity contribution in [3.8, 4) is 0 Å². The SMILES string of the molecule is CN/N=C/CC(C)(C)c1ccc(C(=O)O)cc1. The topological polar surface area (TPSA) is 61.7 Å². The van der Waals surface area contributed by atoms with Crippen LogP contribution in [0.15, 0.2) is 29.4 Å². The molecule has 0 amide bonds. The molecule has 92 valence electrons. The van der Waals surface area contributed by atoms with Gasteiger partial charge in [0, 0.05) is 13.3 Å². The first kappa shape index (κ1) is 13.2. The summed E-state index contributed by atoms with van der Waals surface area (Å²) >= 11 is 0. The van der Waals surface area contributed by atoms with Gasteiger partial charge in [-0.1, -0.05) is 26.0 Å². The van der Waals surface area contributed by atoms with Crippen LogP contribution in [0, 0.1) is 0 Å². The third-order valence-corrected chi connectivity index (χ3v) is 2.74. The molecule has 0 saturated heterocycles. The standard InChI is InChI=1S/C13H18N2O2/c1-13(2,8-9-15-14-3)11-6-4-10(5-7-11)12(16)17/h4-7,9,14H,8H2,1-3H3,(H,16,17)/b15-9+. The summed E-state index contributed by atoms with van der Waals surface area (Å²) in [6.07, 6.45) is 2.62. The van der Waals surface area contributed by atoms with Gasteiger partial charge in [-0.05, 0) is 29.5 Å². The van der Waals surface area contributed by atoms with E-state index < -0.39 is 5.97 Å². The maximum absolute atomic E-state index is 10.7. The molecular formula is C13H18N2O2. The average molecular weight is 234 g/mol. The Hall–Kier alpha value is -1.84. The minimum absolute atomic E-state index is 0.0582. The molecule has 0 radical (unpaired) electrons. The summed E-state index contributed by atoms with van der Waals surface area (Å²) in [6.45, 7) is 4.20. The molecule has 4 nitrogen and oxygen atoms in total. The van der Waals surface area contributed by atoms with Crippen molar-refractivity contribution in [3.05, 3.63) is 35.4 Å². The molecule has 1 aromatic carbocycles. The van der Waals surface area contributed by atoms with Crippen molar-refractivity contribution in [2.45, 2.75) is 25.7 Å². The first-order valence-corrected chi connectivity index (χ1v) is 5.49. The summed E-state index contributed by atoms with van der Waals surface area (Å²) in [7, 11) is 1.76. The van der Waals surface area contributed by atoms with Gasteiger partial charge in [0.2, 0.25) is 0 Å². The molecule has 0 heterocycles. The quantitative estimate of drug-likeness (QED) is 0.606. The molecular weight excluding hydrogens is 216 g/mol. The molecule has 4 heteroatoms. The van der Waals surface area contributed by atoms with Crippen molar-refractivity contribution in [2.24, 2.45) is 5.10 Å². The number of carbonyl (C=O) groups is 1. The fourth-order valence-electron chi connectivity index (χ4n) is 1.55. The fraction of sp³-hybridized carbons (Fsp3) is 0.385. The number of nitrogens with zero attached hydrogens (tertiary/aromatic N) is 1. The third-order valence-electron chi connectivity index (χ3n) is 2.74. The number of aromatic carboxylic acids is 1. The van der Waals surface area contributed by atoms with Crippen LogP contribution >= 0.6 is 0 Å². The maximum atomic E-state index is 10.7. The highest BCUT2D eigenvalue weighted by Crippen LogP contribution is 2.26. The molecule has 0 atom stereocenters. The first-order valence-electron chi connectivity index (χ1n) is 5.49. The smallest absolute Gasteiger partial charge is 0.335 e. The van der Waals surface area contributed by atoms with Gasteiger partial charge in [0.15, 0.2) is 0 Å². The second-order valence-electron chi connectivity index (χ2n) is 4.51. The van der Waals surface area contributed by atoms with Gasteiger partial charge in [0.25, 0.3) is 0 Å². The molecule has 2 N–H and O–H groups in total. The molecule has 0 aliphatic rings. The molecule has 0 aliphatic heterocycles. The lowest BCUT2D eigenvalue weighted by Crippen LogP contribution is -2.18. The number of carboxylic acids is 1. The Morgan fingerprint density at radius 2 is 2.00 bits per heavy atom. The van der Waals surface area contributed by atoms with Crippen molar-refractivity contribution in [1.82, 2.24) is 5.43 Å². The largest absolute Gasteiger partial charge is 0.478 e. The van der Waals surface area contributed by atoms with E-state index in [4.69, 9.17) is 5.11 Å². The van der Waals surface area contributed by atoms with Crippen molar-refractivity contribution >= 4 is 12.2 Å². The Balaban J connectivity index is 2.84. The molecule has 1 aromatic rings. The van der Waals surface area contributed by atoms with Gasteiger partial charge in [0.05, 0.1) is 5.56 Å². The van der Waals surface area contributed by atoms with E-state index in [1.165, 1.54) is 0 Å². The van der Waals surface area contributed by atoms with Crippen LogP contribution in [0.3, 0.4) is 0 Å². The first-order chi connectivity index (χ1) is 7.97. The van der Waals surface area contributed by atoms with Crippen molar-refractivity contribution in [2.75, 3.05) is 7.05 Å². The minimum atomic E-state index is -0.897. The van der Waals surface area contributed by atoms with E-state index in [9.17, 15) is 4.79 Å². The molecule has 0 aromatic heterocycles. The number of hydrogen-bond donors (Lipinski definition) is 2. The van der Waals surface area contributed by atoms with Crippen molar-refractivity contribution in [1.29, 1.82) is 0 Å².